The fourth-order valence-electron chi connectivity index (χ4n) is 19.9. The molecule has 0 unspecified atom stereocenters. The van der Waals surface area contributed by atoms with Gasteiger partial charge in [0.2, 0.25) is 0 Å². The molecule has 6 aliphatic carbocycles. The number of cyclic esters (lactones) is 3. The molecule has 15 rings (SSSR count). The maximum Gasteiger partial charge on any atom is 0.407 e. The first-order chi connectivity index (χ1) is 52.3. The summed E-state index contributed by atoms with van der Waals surface area (Å²) >= 11 is 0. The molecule has 6 aromatic rings. The van der Waals surface area contributed by atoms with Gasteiger partial charge in [0.25, 0.3) is 0 Å². The summed E-state index contributed by atoms with van der Waals surface area (Å²) < 4.78 is 73.0. The first-order valence-corrected chi connectivity index (χ1v) is 38.9. The molecule has 3 amide bonds. The van der Waals surface area contributed by atoms with E-state index in [1.807, 2.05) is 93.6 Å². The predicted octanol–water partition coefficient (Wildman–Crippen LogP) is 16.9. The number of fused-ring (bicyclic) bond motifs is 6. The van der Waals surface area contributed by atoms with Gasteiger partial charge in [-0.05, 0) is 261 Å². The van der Waals surface area contributed by atoms with Gasteiger partial charge in [-0.2, -0.15) is 0 Å². The number of carbonyl (C=O) groups excluding carboxylic acids is 6. The fraction of sp³-hybridized carbons (Fsp3) is 0.483. The lowest BCUT2D eigenvalue weighted by molar-refractivity contribution is -0.145. The molecular formula is C87H99F3N6O12. The van der Waals surface area contributed by atoms with Crippen LogP contribution >= 0.6 is 0 Å². The second-order valence-electron chi connectivity index (χ2n) is 30.8. The number of alkyl carbamates (subject to hydrolysis) is 3. The lowest BCUT2D eigenvalue weighted by Gasteiger charge is -2.47. The molecule has 0 bridgehead atoms. The molecule has 6 saturated carbocycles. The molecule has 9 aliphatic rings. The van der Waals surface area contributed by atoms with Gasteiger partial charge in [0.05, 0.1) is 54.7 Å². The largest absolute Gasteiger partial charge is 0.462 e. The van der Waals surface area contributed by atoms with E-state index in [1.165, 1.54) is 36.4 Å². The van der Waals surface area contributed by atoms with Gasteiger partial charge in [-0.25, -0.2) is 27.6 Å². The van der Waals surface area contributed by atoms with Crippen molar-refractivity contribution in [1.29, 1.82) is 0 Å². The van der Waals surface area contributed by atoms with Crippen LogP contribution in [0.5, 0.6) is 0 Å². The second kappa shape index (κ2) is 34.7. The predicted molar refractivity (Wildman–Crippen MR) is 402 cm³/mol. The molecule has 18 nitrogen and oxygen atoms in total. The number of hydrogen-bond acceptors (Lipinski definition) is 15. The minimum absolute atomic E-state index is 0.0679. The molecule has 6 heterocycles. The van der Waals surface area contributed by atoms with Crippen LogP contribution < -0.4 is 16.0 Å². The van der Waals surface area contributed by atoms with Gasteiger partial charge in [-0.3, -0.25) is 29.3 Å². The van der Waals surface area contributed by atoms with Gasteiger partial charge in [-0.15, -0.1) is 0 Å². The summed E-state index contributed by atoms with van der Waals surface area (Å²) in [5.41, 5.74) is 7.43. The van der Waals surface area contributed by atoms with Crippen molar-refractivity contribution in [3.63, 3.8) is 0 Å². The molecule has 570 valence electrons. The third-order valence-corrected chi connectivity index (χ3v) is 24.5. The van der Waals surface area contributed by atoms with Gasteiger partial charge in [-0.1, -0.05) is 72.8 Å². The smallest absolute Gasteiger partial charge is 0.407 e. The number of carbonyl (C=O) groups is 6. The van der Waals surface area contributed by atoms with E-state index >= 15 is 0 Å². The van der Waals surface area contributed by atoms with Gasteiger partial charge in [0, 0.05) is 71.2 Å². The van der Waals surface area contributed by atoms with E-state index in [1.54, 1.807) is 57.6 Å². The van der Waals surface area contributed by atoms with E-state index in [0.717, 1.165) is 128 Å². The van der Waals surface area contributed by atoms with E-state index in [2.05, 4.69) is 49.1 Å². The quantitative estimate of drug-likeness (QED) is 0.0641. The molecular weight excluding hydrogens is 1380 g/mol. The molecule has 9 fully saturated rings. The third kappa shape index (κ3) is 17.9. The topological polar surface area (TPSA) is 233 Å². The van der Waals surface area contributed by atoms with Gasteiger partial charge >= 0.3 is 36.2 Å². The maximum absolute atomic E-state index is 13.6. The Morgan fingerprint density at radius 3 is 0.944 bits per heavy atom. The van der Waals surface area contributed by atoms with Crippen LogP contribution in [0, 0.1) is 106 Å². The first kappa shape index (κ1) is 76.5. The highest BCUT2D eigenvalue weighted by atomic mass is 19.1. The van der Waals surface area contributed by atoms with Gasteiger partial charge < -0.3 is 44.4 Å². The van der Waals surface area contributed by atoms with Crippen LogP contribution in [0.2, 0.25) is 0 Å². The molecule has 21 atom stereocenters. The Bertz CT molecular complexity index is 3830. The van der Waals surface area contributed by atoms with E-state index < -0.39 is 0 Å². The summed E-state index contributed by atoms with van der Waals surface area (Å²) in [7, 11) is 0. The number of esters is 3. The highest BCUT2D eigenvalue weighted by Gasteiger charge is 2.58. The number of ether oxygens (including phenoxy) is 6. The van der Waals surface area contributed by atoms with Crippen molar-refractivity contribution in [2.45, 2.75) is 155 Å². The first-order valence-electron chi connectivity index (χ1n) is 38.9. The molecule has 3 aromatic heterocycles. The number of aromatic nitrogens is 3. The SMILES string of the molecule is CCOC(=O)N[C@@H]1CC[C@@H]2[C@@H](C1)C[C@@H]1C(=O)O[C@@H](C)[C@H]1[C@@H]2/C=C/c1ccc(-c2cccc(F)c2)cn1.CCOC(=O)N[C@@H]1CC[C@@H]2[C@@H](C1)C[C@@H]1C(=O)O[C@H](C)[C@@H]1[C@@H]2/C=C/c1ccc(-c2cccc(F)c2)cn1.CCOC(=O)N[C@@H]1CC[C@@H]2[C@@H](C1)C[C@H]1C(=O)O[C@@H](C)[C@@H]1[C@H]2/C=C/c1ccc(-c2cccc(F)c2)cn1. The highest BCUT2D eigenvalue weighted by Crippen LogP contribution is 2.57. The summed E-state index contributed by atoms with van der Waals surface area (Å²) in [6, 6.07) is 31.3. The number of pyridine rings is 3. The average Bonchev–Trinajstić information content (AvgIpc) is 1.54. The minimum Gasteiger partial charge on any atom is -0.462 e. The molecule has 3 aliphatic heterocycles. The van der Waals surface area contributed by atoms with Gasteiger partial charge in [0.1, 0.15) is 35.8 Å². The van der Waals surface area contributed by atoms with Crippen LogP contribution in [0.1, 0.15) is 136 Å². The van der Waals surface area contributed by atoms with Crippen molar-refractivity contribution < 1.29 is 70.4 Å². The molecule has 3 aromatic carbocycles. The molecule has 0 radical (unpaired) electrons. The van der Waals surface area contributed by atoms with Gasteiger partial charge in [0.15, 0.2) is 0 Å². The highest BCUT2D eigenvalue weighted by molar-refractivity contribution is 5.78. The molecule has 21 heteroatoms. The van der Waals surface area contributed by atoms with E-state index in [4.69, 9.17) is 28.4 Å². The molecule has 3 saturated heterocycles. The third-order valence-electron chi connectivity index (χ3n) is 24.5. The normalized spacial score (nSPS) is 31.4. The Morgan fingerprint density at radius 1 is 0.407 bits per heavy atom. The number of benzene rings is 3. The number of nitrogens with zero attached hydrogens (tertiary/aromatic N) is 3. The summed E-state index contributed by atoms with van der Waals surface area (Å²) in [5, 5.41) is 9.00. The number of halogens is 3. The molecule has 108 heavy (non-hydrogen) atoms. The number of nitrogens with one attached hydrogen (secondary N) is 3. The number of amides is 3. The Balaban J connectivity index is 0.000000143. The Kier molecular flexibility index (Phi) is 24.6. The van der Waals surface area contributed by atoms with Crippen LogP contribution in [0.15, 0.2) is 146 Å². The van der Waals surface area contributed by atoms with Crippen molar-refractivity contribution in [2.24, 2.45) is 88.8 Å². The maximum atomic E-state index is 13.6. The minimum atomic E-state index is -0.368. The number of rotatable bonds is 15. The van der Waals surface area contributed by atoms with Crippen LogP contribution in [0.3, 0.4) is 0 Å². The van der Waals surface area contributed by atoms with Crippen molar-refractivity contribution in [3.8, 4) is 33.4 Å². The summed E-state index contributed by atoms with van der Waals surface area (Å²) in [4.78, 5) is 87.7. The van der Waals surface area contributed by atoms with E-state index in [-0.39, 0.29) is 143 Å². The van der Waals surface area contributed by atoms with Crippen LogP contribution in [0.25, 0.3) is 51.6 Å². The zero-order valence-electron chi connectivity index (χ0n) is 62.2. The summed E-state index contributed by atoms with van der Waals surface area (Å²) in [5.74, 6) is 1.89. The summed E-state index contributed by atoms with van der Waals surface area (Å²) in [6.45, 7) is 12.5. The standard InChI is InChI=1S/3C29H33FN2O4/c3*1-3-35-29(34)32-23-10-11-24-20(14-23)15-26-27(17(2)36-28(26)33)25(24)12-9-22-8-7-19(16-31-22)18-5-4-6-21(30)13-18/h3*4-9,12-13,16-17,20,23-27H,3,10-11,14-15H2,1-2H3,(H,32,34)/b3*12-9+/t17-,20+,23-,24-,25-,26+,27-;17-,20-,23+,24+,25+,26-,27-;17-,20-,23+,24+,25-,26+,27+/m100/s1. The van der Waals surface area contributed by atoms with Crippen molar-refractivity contribution >= 4 is 54.4 Å². The number of hydrogen-bond donors (Lipinski definition) is 3. The van der Waals surface area contributed by atoms with Crippen LogP contribution in [-0.4, -0.2) is 107 Å². The Labute approximate surface area is 630 Å². The van der Waals surface area contributed by atoms with Crippen LogP contribution in [0.4, 0.5) is 27.6 Å². The van der Waals surface area contributed by atoms with E-state index in [0.29, 0.717) is 55.3 Å². The molecule has 3 N–H and O–H groups in total. The van der Waals surface area contributed by atoms with E-state index in [9.17, 15) is 41.9 Å². The van der Waals surface area contributed by atoms with Crippen LogP contribution in [-0.2, 0) is 42.8 Å². The zero-order chi connectivity index (χ0) is 75.7. The summed E-state index contributed by atoms with van der Waals surface area (Å²) in [6.07, 6.45) is 27.2. The fourth-order valence-corrected chi connectivity index (χ4v) is 19.9. The Hall–Kier alpha value is -9.66. The molecule has 0 spiro atoms. The number of allylic oxidation sites excluding steroid dienone is 3. The monoisotopic (exact) mass is 1480 g/mol. The lowest BCUT2D eigenvalue weighted by atomic mass is 9.57. The van der Waals surface area contributed by atoms with Crippen molar-refractivity contribution in [3.05, 3.63) is 181 Å². The average molecular weight is 1480 g/mol. The Morgan fingerprint density at radius 2 is 0.694 bits per heavy atom. The lowest BCUT2D eigenvalue weighted by Crippen LogP contribution is -2.48. The van der Waals surface area contributed by atoms with Crippen molar-refractivity contribution in [1.82, 2.24) is 30.9 Å². The second-order valence-corrected chi connectivity index (χ2v) is 30.8. The zero-order valence-corrected chi connectivity index (χ0v) is 62.2. The van der Waals surface area contributed by atoms with Crippen molar-refractivity contribution in [2.75, 3.05) is 19.8 Å².